The fourth-order valence-electron chi connectivity index (χ4n) is 3.18. The molecule has 1 aromatic heterocycles. The molecule has 0 atom stereocenters. The number of halogens is 1. The molecule has 9 heteroatoms. The molecule has 0 saturated carbocycles. The largest absolute Gasteiger partial charge is 0.331 e. The molecule has 1 N–H and O–H groups in total. The highest BCUT2D eigenvalue weighted by Crippen LogP contribution is 2.19. The molecule has 3 rings (SSSR count). The summed E-state index contributed by atoms with van der Waals surface area (Å²) >= 11 is 6.01. The first-order valence-electron chi connectivity index (χ1n) is 9.95. The van der Waals surface area contributed by atoms with Gasteiger partial charge in [0.25, 0.3) is 11.5 Å². The van der Waals surface area contributed by atoms with E-state index in [2.05, 4.69) is 9.97 Å². The number of aromatic nitrogens is 2. The van der Waals surface area contributed by atoms with Gasteiger partial charge in [-0.2, -0.15) is 0 Å². The van der Waals surface area contributed by atoms with E-state index in [0.29, 0.717) is 40.3 Å². The Bertz CT molecular complexity index is 1270. The lowest BCUT2D eigenvalue weighted by atomic mass is 10.2. The van der Waals surface area contributed by atoms with Crippen LogP contribution in [0, 0.1) is 0 Å². The molecule has 0 unspecified atom stereocenters. The number of fused-ring (bicyclic) bond motifs is 1. The Kier molecular flexibility index (Phi) is 6.81. The van der Waals surface area contributed by atoms with Crippen LogP contribution in [0.4, 0.5) is 0 Å². The van der Waals surface area contributed by atoms with Gasteiger partial charge in [0.15, 0.2) is 9.84 Å². The zero-order valence-electron chi connectivity index (χ0n) is 17.6. The van der Waals surface area contributed by atoms with E-state index in [0.717, 1.165) is 0 Å². The first kappa shape index (κ1) is 23.0. The molecule has 0 radical (unpaired) electrons. The zero-order valence-corrected chi connectivity index (χ0v) is 19.1. The van der Waals surface area contributed by atoms with Crippen molar-refractivity contribution in [2.45, 2.75) is 43.9 Å². The molecule has 31 heavy (non-hydrogen) atoms. The maximum absolute atomic E-state index is 13.1. The van der Waals surface area contributed by atoms with Gasteiger partial charge < -0.3 is 9.88 Å². The number of rotatable bonds is 7. The van der Waals surface area contributed by atoms with E-state index < -0.39 is 15.1 Å². The van der Waals surface area contributed by atoms with Gasteiger partial charge in [0.1, 0.15) is 5.82 Å². The van der Waals surface area contributed by atoms with Crippen molar-refractivity contribution in [2.24, 2.45) is 0 Å². The summed E-state index contributed by atoms with van der Waals surface area (Å²) < 4.78 is 24.6. The molecule has 0 spiro atoms. The maximum Gasteiger partial charge on any atom is 0.258 e. The van der Waals surface area contributed by atoms with Crippen molar-refractivity contribution in [3.8, 4) is 0 Å². The van der Waals surface area contributed by atoms with E-state index in [9.17, 15) is 18.0 Å². The Morgan fingerprint density at radius 3 is 2.45 bits per heavy atom. The van der Waals surface area contributed by atoms with Crippen molar-refractivity contribution in [2.75, 3.05) is 6.54 Å². The SMILES string of the molecule is CCCN(Cc1nc2cc(Cl)ccc2c(=O)[nH]1)C(=O)c1ccc(S(=O)(=O)C(C)C)cc1. The molecule has 0 saturated heterocycles. The van der Waals surface area contributed by atoms with Crippen LogP contribution in [0.15, 0.2) is 52.2 Å². The Morgan fingerprint density at radius 2 is 1.84 bits per heavy atom. The van der Waals surface area contributed by atoms with Crippen molar-refractivity contribution in [3.05, 3.63) is 69.2 Å². The van der Waals surface area contributed by atoms with E-state index in [1.54, 1.807) is 36.9 Å². The van der Waals surface area contributed by atoms with E-state index >= 15 is 0 Å². The number of benzene rings is 2. The van der Waals surface area contributed by atoms with E-state index in [4.69, 9.17) is 11.6 Å². The summed E-state index contributed by atoms with van der Waals surface area (Å²) in [6, 6.07) is 10.8. The third-order valence-corrected chi connectivity index (χ3v) is 7.29. The van der Waals surface area contributed by atoms with Gasteiger partial charge in [0.2, 0.25) is 0 Å². The Hall–Kier alpha value is -2.71. The van der Waals surface area contributed by atoms with Gasteiger partial charge in [-0.05, 0) is 62.7 Å². The molecule has 0 fully saturated rings. The average Bonchev–Trinajstić information content (AvgIpc) is 2.72. The molecule has 3 aromatic rings. The predicted octanol–water partition coefficient (Wildman–Crippen LogP) is 3.81. The highest BCUT2D eigenvalue weighted by Gasteiger charge is 2.21. The van der Waals surface area contributed by atoms with Crippen LogP contribution in [0.25, 0.3) is 10.9 Å². The summed E-state index contributed by atoms with van der Waals surface area (Å²) in [6.45, 7) is 5.72. The van der Waals surface area contributed by atoms with Gasteiger partial charge in [-0.1, -0.05) is 18.5 Å². The maximum atomic E-state index is 13.1. The summed E-state index contributed by atoms with van der Waals surface area (Å²) in [7, 11) is -3.41. The van der Waals surface area contributed by atoms with Crippen molar-refractivity contribution >= 4 is 38.2 Å². The van der Waals surface area contributed by atoms with E-state index in [1.165, 1.54) is 24.3 Å². The van der Waals surface area contributed by atoms with Crippen LogP contribution in [0.3, 0.4) is 0 Å². The predicted molar refractivity (Wildman–Crippen MR) is 121 cm³/mol. The number of H-pyrrole nitrogens is 1. The molecule has 0 aliphatic heterocycles. The van der Waals surface area contributed by atoms with Crippen molar-refractivity contribution in [3.63, 3.8) is 0 Å². The van der Waals surface area contributed by atoms with E-state index in [1.807, 2.05) is 6.92 Å². The second-order valence-electron chi connectivity index (χ2n) is 7.52. The Morgan fingerprint density at radius 1 is 1.16 bits per heavy atom. The lowest BCUT2D eigenvalue weighted by molar-refractivity contribution is 0.0739. The van der Waals surface area contributed by atoms with Crippen molar-refractivity contribution in [1.82, 2.24) is 14.9 Å². The molecule has 7 nitrogen and oxygen atoms in total. The fraction of sp³-hybridized carbons (Fsp3) is 0.318. The van der Waals surface area contributed by atoms with Crippen molar-refractivity contribution in [1.29, 1.82) is 0 Å². The molecule has 1 amide bonds. The third-order valence-electron chi connectivity index (χ3n) is 4.89. The van der Waals surface area contributed by atoms with Crippen LogP contribution in [-0.2, 0) is 16.4 Å². The van der Waals surface area contributed by atoms with Crippen LogP contribution in [0.2, 0.25) is 5.02 Å². The number of hydrogen-bond donors (Lipinski definition) is 1. The summed E-state index contributed by atoms with van der Waals surface area (Å²) in [5.74, 6) is 0.0738. The van der Waals surface area contributed by atoms with Crippen LogP contribution in [-0.4, -0.2) is 41.0 Å². The first-order valence-corrected chi connectivity index (χ1v) is 11.9. The number of amides is 1. The Balaban J connectivity index is 1.89. The quantitative estimate of drug-likeness (QED) is 0.576. The summed E-state index contributed by atoms with van der Waals surface area (Å²) in [4.78, 5) is 34.4. The van der Waals surface area contributed by atoms with Crippen LogP contribution >= 0.6 is 11.6 Å². The minimum atomic E-state index is -3.41. The van der Waals surface area contributed by atoms with Gasteiger partial charge in [0, 0.05) is 17.1 Å². The highest BCUT2D eigenvalue weighted by molar-refractivity contribution is 7.92. The van der Waals surface area contributed by atoms with Crippen LogP contribution in [0.5, 0.6) is 0 Å². The van der Waals surface area contributed by atoms with Gasteiger partial charge in [-0.3, -0.25) is 9.59 Å². The van der Waals surface area contributed by atoms with Gasteiger partial charge >= 0.3 is 0 Å². The fourth-order valence-corrected chi connectivity index (χ4v) is 4.41. The molecular weight excluding hydrogens is 438 g/mol. The monoisotopic (exact) mass is 461 g/mol. The summed E-state index contributed by atoms with van der Waals surface area (Å²) in [6.07, 6.45) is 0.704. The Labute approximate surface area is 186 Å². The summed E-state index contributed by atoms with van der Waals surface area (Å²) in [5, 5.41) is 0.341. The van der Waals surface area contributed by atoms with Gasteiger partial charge in [-0.25, -0.2) is 13.4 Å². The number of sulfone groups is 1. The van der Waals surface area contributed by atoms with Crippen LogP contribution < -0.4 is 5.56 Å². The number of nitrogens with one attached hydrogen (secondary N) is 1. The minimum Gasteiger partial charge on any atom is -0.331 e. The number of carbonyl (C=O) groups is 1. The molecule has 0 bridgehead atoms. The first-order chi connectivity index (χ1) is 14.6. The molecule has 164 valence electrons. The highest BCUT2D eigenvalue weighted by atomic mass is 35.5. The lowest BCUT2D eigenvalue weighted by Gasteiger charge is -2.22. The molecule has 0 aliphatic carbocycles. The average molecular weight is 462 g/mol. The standard InChI is InChI=1S/C22H24ClN3O4S/c1-4-11-26(13-20-24-19-12-16(23)7-10-18(19)21(27)25-20)22(28)15-5-8-17(9-6-15)31(29,30)14(2)3/h5-10,12,14H,4,11,13H2,1-3H3,(H,24,25,27). The lowest BCUT2D eigenvalue weighted by Crippen LogP contribution is -2.32. The topological polar surface area (TPSA) is 100 Å². The third kappa shape index (κ3) is 4.97. The second-order valence-corrected chi connectivity index (χ2v) is 10.5. The smallest absolute Gasteiger partial charge is 0.258 e. The zero-order chi connectivity index (χ0) is 22.8. The number of carbonyl (C=O) groups excluding carboxylic acids is 1. The van der Waals surface area contributed by atoms with Crippen molar-refractivity contribution < 1.29 is 13.2 Å². The van der Waals surface area contributed by atoms with Gasteiger partial charge in [-0.15, -0.1) is 0 Å². The molecule has 2 aromatic carbocycles. The van der Waals surface area contributed by atoms with Gasteiger partial charge in [0.05, 0.1) is 27.6 Å². The normalized spacial score (nSPS) is 11.8. The number of aromatic amines is 1. The van der Waals surface area contributed by atoms with Crippen LogP contribution in [0.1, 0.15) is 43.4 Å². The molecular formula is C22H24ClN3O4S. The summed E-state index contributed by atoms with van der Waals surface area (Å²) in [5.41, 5.74) is 0.518. The number of nitrogens with zero attached hydrogens (tertiary/aromatic N) is 2. The second kappa shape index (κ2) is 9.20. The molecule has 0 aliphatic rings. The number of hydrogen-bond acceptors (Lipinski definition) is 5. The molecule has 1 heterocycles. The van der Waals surface area contributed by atoms with E-state index in [-0.39, 0.29) is 22.9 Å². The minimum absolute atomic E-state index is 0.108.